The molecule has 0 aliphatic carbocycles. The Morgan fingerprint density at radius 2 is 2.00 bits per heavy atom. The van der Waals surface area contributed by atoms with Crippen LogP contribution in [-0.4, -0.2) is 9.13 Å². The van der Waals surface area contributed by atoms with Crippen molar-refractivity contribution in [2.45, 2.75) is 33.0 Å². The van der Waals surface area contributed by atoms with E-state index in [1.807, 2.05) is 32.0 Å². The van der Waals surface area contributed by atoms with E-state index in [1.165, 1.54) is 5.56 Å². The molecule has 2 N–H and O–H groups in total. The fraction of sp³-hybridized carbons (Fsp3) is 0.357. The van der Waals surface area contributed by atoms with E-state index >= 15 is 0 Å². The quantitative estimate of drug-likeness (QED) is 0.891. The van der Waals surface area contributed by atoms with E-state index in [9.17, 15) is 4.79 Å². The predicted octanol–water partition coefficient (Wildman–Crippen LogP) is 1.68. The maximum Gasteiger partial charge on any atom is 0.328 e. The third kappa shape index (κ3) is 2.54. The molecular weight excluding hydrogens is 226 g/mol. The van der Waals surface area contributed by atoms with Crippen LogP contribution in [0.2, 0.25) is 0 Å². The molecule has 0 spiro atoms. The first kappa shape index (κ1) is 12.6. The molecule has 2 aromatic rings. The highest BCUT2D eigenvalue weighted by Crippen LogP contribution is 2.13. The first-order valence-electron chi connectivity index (χ1n) is 6.19. The molecule has 1 aromatic carbocycles. The summed E-state index contributed by atoms with van der Waals surface area (Å²) in [6.45, 7) is 5.18. The Morgan fingerprint density at radius 3 is 2.61 bits per heavy atom. The normalized spacial score (nSPS) is 12.6. The van der Waals surface area contributed by atoms with Gasteiger partial charge in [-0.1, -0.05) is 29.8 Å². The number of hydrogen-bond donors (Lipinski definition) is 1. The van der Waals surface area contributed by atoms with Gasteiger partial charge in [0.25, 0.3) is 0 Å². The van der Waals surface area contributed by atoms with Gasteiger partial charge in [-0.15, -0.1) is 0 Å². The van der Waals surface area contributed by atoms with Crippen molar-refractivity contribution in [1.82, 2.24) is 9.13 Å². The van der Waals surface area contributed by atoms with Crippen molar-refractivity contribution >= 4 is 0 Å². The molecule has 1 heterocycles. The average Bonchev–Trinajstić information content (AvgIpc) is 2.70. The lowest BCUT2D eigenvalue weighted by molar-refractivity contribution is 0.547. The molecule has 2 rings (SSSR count). The van der Waals surface area contributed by atoms with Gasteiger partial charge in [-0.2, -0.15) is 0 Å². The fourth-order valence-corrected chi connectivity index (χ4v) is 2.05. The summed E-state index contributed by atoms with van der Waals surface area (Å²) in [5, 5.41) is 0. The van der Waals surface area contributed by atoms with Crippen LogP contribution in [0.5, 0.6) is 0 Å². The Hall–Kier alpha value is -1.81. The van der Waals surface area contributed by atoms with Crippen molar-refractivity contribution in [3.8, 4) is 0 Å². The third-order valence-corrected chi connectivity index (χ3v) is 3.12. The van der Waals surface area contributed by atoms with Gasteiger partial charge in [-0.05, 0) is 19.4 Å². The number of nitrogens with two attached hydrogens (primary N) is 1. The van der Waals surface area contributed by atoms with Crippen molar-refractivity contribution in [3.63, 3.8) is 0 Å². The summed E-state index contributed by atoms with van der Waals surface area (Å²) >= 11 is 0. The molecule has 0 radical (unpaired) electrons. The average molecular weight is 245 g/mol. The predicted molar refractivity (Wildman–Crippen MR) is 72.5 cm³/mol. The molecule has 1 aromatic heterocycles. The van der Waals surface area contributed by atoms with Gasteiger partial charge >= 0.3 is 5.69 Å². The number of aromatic nitrogens is 2. The molecule has 0 fully saturated rings. The maximum absolute atomic E-state index is 11.9. The molecule has 0 aliphatic rings. The van der Waals surface area contributed by atoms with E-state index < -0.39 is 0 Å². The zero-order valence-corrected chi connectivity index (χ0v) is 10.8. The monoisotopic (exact) mass is 245 g/mol. The topological polar surface area (TPSA) is 52.9 Å². The highest BCUT2D eigenvalue weighted by atomic mass is 16.1. The summed E-state index contributed by atoms with van der Waals surface area (Å²) in [5.41, 5.74) is 8.39. The third-order valence-electron chi connectivity index (χ3n) is 3.12. The van der Waals surface area contributed by atoms with Crippen LogP contribution in [0.3, 0.4) is 0 Å². The number of aryl methyl sites for hydroxylation is 2. The van der Waals surface area contributed by atoms with Gasteiger partial charge in [0.1, 0.15) is 0 Å². The number of imidazole rings is 1. The van der Waals surface area contributed by atoms with Crippen LogP contribution in [0.1, 0.15) is 24.1 Å². The largest absolute Gasteiger partial charge is 0.328 e. The number of hydrogen-bond acceptors (Lipinski definition) is 2. The standard InChI is InChI=1S/C14H19N3O/c1-3-16-7-8-17(14(16)18)10-13(15)12-6-4-5-11(2)9-12/h4-9,13H,3,10,15H2,1-2H3. The van der Waals surface area contributed by atoms with E-state index in [-0.39, 0.29) is 11.7 Å². The molecule has 4 nitrogen and oxygen atoms in total. The van der Waals surface area contributed by atoms with Gasteiger partial charge in [0.2, 0.25) is 0 Å². The minimum atomic E-state index is -0.157. The van der Waals surface area contributed by atoms with Crippen LogP contribution in [0.25, 0.3) is 0 Å². The fourth-order valence-electron chi connectivity index (χ4n) is 2.05. The SMILES string of the molecule is CCn1ccn(CC(N)c2cccc(C)c2)c1=O. The van der Waals surface area contributed by atoms with Gasteiger partial charge in [0.05, 0.1) is 0 Å². The van der Waals surface area contributed by atoms with Crippen LogP contribution < -0.4 is 11.4 Å². The second kappa shape index (κ2) is 5.23. The van der Waals surface area contributed by atoms with Gasteiger partial charge in [-0.3, -0.25) is 9.13 Å². The lowest BCUT2D eigenvalue weighted by Crippen LogP contribution is -2.28. The molecular formula is C14H19N3O. The van der Waals surface area contributed by atoms with Crippen LogP contribution in [0, 0.1) is 6.92 Å². The molecule has 0 bridgehead atoms. The molecule has 96 valence electrons. The molecule has 18 heavy (non-hydrogen) atoms. The summed E-state index contributed by atoms with van der Waals surface area (Å²) in [7, 11) is 0. The summed E-state index contributed by atoms with van der Waals surface area (Å²) in [6, 6.07) is 7.93. The van der Waals surface area contributed by atoms with Crippen molar-refractivity contribution in [2.75, 3.05) is 0 Å². The summed E-state index contributed by atoms with van der Waals surface area (Å²) in [4.78, 5) is 11.9. The Bertz CT molecular complexity index is 583. The van der Waals surface area contributed by atoms with E-state index in [2.05, 4.69) is 6.07 Å². The Labute approximate surface area is 107 Å². The lowest BCUT2D eigenvalue weighted by atomic mass is 10.1. The van der Waals surface area contributed by atoms with Gasteiger partial charge in [0, 0.05) is 31.5 Å². The first-order chi connectivity index (χ1) is 8.61. The second-order valence-electron chi connectivity index (χ2n) is 4.54. The minimum absolute atomic E-state index is 0.000558. The minimum Gasteiger partial charge on any atom is -0.322 e. The Kier molecular flexibility index (Phi) is 3.67. The molecule has 0 saturated heterocycles. The molecule has 0 saturated carbocycles. The number of nitrogens with zero attached hydrogens (tertiary/aromatic N) is 2. The van der Waals surface area contributed by atoms with E-state index in [4.69, 9.17) is 5.73 Å². The van der Waals surface area contributed by atoms with Crippen LogP contribution in [0.4, 0.5) is 0 Å². The summed E-state index contributed by atoms with van der Waals surface area (Å²) < 4.78 is 3.33. The summed E-state index contributed by atoms with van der Waals surface area (Å²) in [6.07, 6.45) is 3.59. The van der Waals surface area contributed by atoms with E-state index in [0.717, 1.165) is 5.56 Å². The Balaban J connectivity index is 2.18. The number of benzene rings is 1. The molecule has 0 aliphatic heterocycles. The van der Waals surface area contributed by atoms with E-state index in [0.29, 0.717) is 13.1 Å². The van der Waals surface area contributed by atoms with Crippen LogP contribution in [0.15, 0.2) is 41.5 Å². The zero-order valence-electron chi connectivity index (χ0n) is 10.8. The van der Waals surface area contributed by atoms with Crippen LogP contribution in [-0.2, 0) is 13.1 Å². The number of rotatable bonds is 4. The molecule has 4 heteroatoms. The van der Waals surface area contributed by atoms with Crippen LogP contribution >= 0.6 is 0 Å². The molecule has 0 amide bonds. The van der Waals surface area contributed by atoms with Gasteiger partial charge in [0.15, 0.2) is 0 Å². The lowest BCUT2D eigenvalue weighted by Gasteiger charge is -2.12. The molecule has 1 unspecified atom stereocenters. The van der Waals surface area contributed by atoms with Gasteiger partial charge < -0.3 is 5.73 Å². The smallest absolute Gasteiger partial charge is 0.322 e. The highest BCUT2D eigenvalue weighted by Gasteiger charge is 2.09. The summed E-state index contributed by atoms with van der Waals surface area (Å²) in [5.74, 6) is 0. The highest BCUT2D eigenvalue weighted by molar-refractivity contribution is 5.24. The zero-order chi connectivity index (χ0) is 13.1. The molecule has 1 atom stereocenters. The first-order valence-corrected chi connectivity index (χ1v) is 6.19. The maximum atomic E-state index is 11.9. The second-order valence-corrected chi connectivity index (χ2v) is 4.54. The van der Waals surface area contributed by atoms with Crippen molar-refractivity contribution in [1.29, 1.82) is 0 Å². The van der Waals surface area contributed by atoms with Crippen molar-refractivity contribution < 1.29 is 0 Å². The van der Waals surface area contributed by atoms with Gasteiger partial charge in [-0.25, -0.2) is 4.79 Å². The van der Waals surface area contributed by atoms with Crippen molar-refractivity contribution in [3.05, 3.63) is 58.3 Å². The van der Waals surface area contributed by atoms with Crippen molar-refractivity contribution in [2.24, 2.45) is 5.73 Å². The van der Waals surface area contributed by atoms with E-state index in [1.54, 1.807) is 21.5 Å². The Morgan fingerprint density at radius 1 is 1.28 bits per heavy atom.